The summed E-state index contributed by atoms with van der Waals surface area (Å²) in [6.45, 7) is 0. The van der Waals surface area contributed by atoms with Crippen LogP contribution >= 0.6 is 11.8 Å². The van der Waals surface area contributed by atoms with Crippen molar-refractivity contribution in [2.45, 2.75) is 5.37 Å². The quantitative estimate of drug-likeness (QED) is 0.525. The number of hydrazone groups is 1. The first-order valence-corrected chi connectivity index (χ1v) is 7.98. The Labute approximate surface area is 141 Å². The van der Waals surface area contributed by atoms with E-state index in [-0.39, 0.29) is 16.8 Å². The van der Waals surface area contributed by atoms with E-state index in [0.717, 1.165) is 16.3 Å². The molecule has 0 bridgehead atoms. The van der Waals surface area contributed by atoms with Crippen LogP contribution in [0.3, 0.4) is 0 Å². The van der Waals surface area contributed by atoms with Gasteiger partial charge in [-0.3, -0.25) is 5.43 Å². The molecule has 122 valence electrons. The summed E-state index contributed by atoms with van der Waals surface area (Å²) in [6.07, 6.45) is 6.23. The summed E-state index contributed by atoms with van der Waals surface area (Å²) in [4.78, 5) is -0.434. The predicted octanol–water partition coefficient (Wildman–Crippen LogP) is 1.61. The average molecular weight is 342 g/mol. The number of para-hydroxylation sites is 1. The van der Waals surface area contributed by atoms with E-state index in [4.69, 9.17) is 0 Å². The minimum atomic E-state index is -0.434. The third-order valence-corrected chi connectivity index (χ3v) is 4.79. The maximum atomic E-state index is 10.8. The second kappa shape index (κ2) is 5.62. The van der Waals surface area contributed by atoms with E-state index < -0.39 is 4.90 Å². The molecule has 24 heavy (non-hydrogen) atoms. The number of rotatable bonds is 1. The van der Waals surface area contributed by atoms with Crippen LogP contribution in [0.15, 0.2) is 65.1 Å². The second-order valence-corrected chi connectivity index (χ2v) is 6.25. The van der Waals surface area contributed by atoms with Gasteiger partial charge in [-0.1, -0.05) is 30.0 Å². The zero-order valence-corrected chi connectivity index (χ0v) is 13.0. The first kappa shape index (κ1) is 14.7. The monoisotopic (exact) mass is 342 g/mol. The number of hydrogen-bond donors (Lipinski definition) is 3. The summed E-state index contributed by atoms with van der Waals surface area (Å²) in [5.41, 5.74) is 7.76. The number of benzene rings is 1. The summed E-state index contributed by atoms with van der Waals surface area (Å²) in [7, 11) is 0. The van der Waals surface area contributed by atoms with Crippen LogP contribution in [0.5, 0.6) is 5.75 Å². The van der Waals surface area contributed by atoms with E-state index in [2.05, 4.69) is 16.0 Å². The Bertz CT molecular complexity index is 836. The van der Waals surface area contributed by atoms with E-state index in [1.54, 1.807) is 29.3 Å². The SMILES string of the molecule is [O-][N+]([O-])=C1C=CC(=C2NN=C3S[C@@H](c4ccccc4O)NN32)C=C1. The minimum Gasteiger partial charge on any atom is -0.612 e. The molecule has 3 aliphatic rings. The molecule has 1 aromatic carbocycles. The van der Waals surface area contributed by atoms with E-state index in [1.807, 2.05) is 12.1 Å². The Morgan fingerprint density at radius 1 is 1.17 bits per heavy atom. The van der Waals surface area contributed by atoms with Crippen molar-refractivity contribution in [1.29, 1.82) is 0 Å². The molecule has 1 atom stereocenters. The Balaban J connectivity index is 1.61. The molecule has 0 aromatic heterocycles. The maximum absolute atomic E-state index is 10.8. The number of phenolic OH excluding ortho intramolecular Hbond substituents is 1. The van der Waals surface area contributed by atoms with E-state index in [9.17, 15) is 15.5 Å². The van der Waals surface area contributed by atoms with Crippen molar-refractivity contribution in [1.82, 2.24) is 15.9 Å². The van der Waals surface area contributed by atoms with Crippen molar-refractivity contribution in [3.63, 3.8) is 0 Å². The molecule has 8 nitrogen and oxygen atoms in total. The lowest BCUT2D eigenvalue weighted by molar-refractivity contribution is -0.377. The Morgan fingerprint density at radius 3 is 2.62 bits per heavy atom. The highest BCUT2D eigenvalue weighted by atomic mass is 32.2. The standard InChI is InChI=1S/C15H12N5O3S/c21-12-4-2-1-3-11(12)14-18-19-13(16-17-15(19)24-14)9-5-7-10(8-6-9)20(22)23/h1-8,14,16,18H,(H-,21,22,23)/q-1/t14-/m0/s1. The number of hydrogen-bond acceptors (Lipinski definition) is 8. The van der Waals surface area contributed by atoms with Crippen molar-refractivity contribution in [2.24, 2.45) is 5.10 Å². The van der Waals surface area contributed by atoms with Gasteiger partial charge >= 0.3 is 0 Å². The van der Waals surface area contributed by atoms with Crippen molar-refractivity contribution in [3.8, 4) is 5.75 Å². The molecular weight excluding hydrogens is 330 g/mol. The fourth-order valence-electron chi connectivity index (χ4n) is 2.52. The van der Waals surface area contributed by atoms with Gasteiger partial charge in [0.15, 0.2) is 5.82 Å². The van der Waals surface area contributed by atoms with Crippen LogP contribution in [-0.4, -0.2) is 25.9 Å². The Hall–Kier alpha value is -2.91. The molecular formula is C15H12N5O3S-. The minimum absolute atomic E-state index is 0.0364. The number of nitrogens with zero attached hydrogens (tertiary/aromatic N) is 3. The van der Waals surface area contributed by atoms with Crippen molar-refractivity contribution >= 4 is 22.6 Å². The molecule has 3 N–H and O–H groups in total. The lowest BCUT2D eigenvalue weighted by Gasteiger charge is -2.19. The highest BCUT2D eigenvalue weighted by molar-refractivity contribution is 8.14. The van der Waals surface area contributed by atoms with Gasteiger partial charge in [0.2, 0.25) is 10.9 Å². The molecule has 0 saturated carbocycles. The molecule has 1 aliphatic carbocycles. The number of thioether (sulfide) groups is 1. The summed E-state index contributed by atoms with van der Waals surface area (Å²) < 4.78 is 0. The first-order valence-electron chi connectivity index (χ1n) is 7.10. The highest BCUT2D eigenvalue weighted by Gasteiger charge is 2.37. The molecule has 0 amide bonds. The van der Waals surface area contributed by atoms with E-state index in [0.29, 0.717) is 5.82 Å². The molecule has 4 rings (SSSR count). The van der Waals surface area contributed by atoms with E-state index in [1.165, 1.54) is 23.9 Å². The topological polar surface area (TPSA) is 109 Å². The van der Waals surface area contributed by atoms with Crippen molar-refractivity contribution < 1.29 is 10.0 Å². The van der Waals surface area contributed by atoms with Crippen LogP contribution in [0.2, 0.25) is 0 Å². The summed E-state index contributed by atoms with van der Waals surface area (Å²) >= 11 is 1.47. The van der Waals surface area contributed by atoms with Gasteiger partial charge in [0.05, 0.1) is 0 Å². The van der Waals surface area contributed by atoms with Crippen LogP contribution in [-0.2, 0) is 0 Å². The largest absolute Gasteiger partial charge is 0.612 e. The van der Waals surface area contributed by atoms with Gasteiger partial charge in [-0.05, 0) is 18.2 Å². The third kappa shape index (κ3) is 2.39. The number of allylic oxidation sites excluding steroid dienone is 5. The molecule has 2 heterocycles. The number of hydrazine groups is 1. The van der Waals surface area contributed by atoms with Crippen LogP contribution < -0.4 is 10.9 Å². The molecule has 0 spiro atoms. The fourth-order valence-corrected chi connectivity index (χ4v) is 3.56. The number of aromatic hydroxyl groups is 1. The number of amidine groups is 1. The normalized spacial score (nSPS) is 21.8. The second-order valence-electron chi connectivity index (χ2n) is 5.18. The van der Waals surface area contributed by atoms with Gasteiger partial charge in [-0.25, -0.2) is 10.4 Å². The van der Waals surface area contributed by atoms with Gasteiger partial charge in [0, 0.05) is 23.3 Å². The molecule has 1 aromatic rings. The van der Waals surface area contributed by atoms with Gasteiger partial charge in [0.25, 0.3) is 0 Å². The maximum Gasteiger partial charge on any atom is 0.222 e. The number of nitrogens with one attached hydrogen (secondary N) is 2. The molecule has 0 unspecified atom stereocenters. The summed E-state index contributed by atoms with van der Waals surface area (Å²) in [5, 5.41) is 38.1. The first-order chi connectivity index (χ1) is 11.6. The van der Waals surface area contributed by atoms with Crippen LogP contribution in [0, 0.1) is 10.4 Å². The Kier molecular flexibility index (Phi) is 3.44. The highest BCUT2D eigenvalue weighted by Crippen LogP contribution is 2.41. The van der Waals surface area contributed by atoms with Gasteiger partial charge in [-0.2, -0.15) is 4.90 Å². The molecule has 2 aliphatic heterocycles. The van der Waals surface area contributed by atoms with Gasteiger partial charge < -0.3 is 15.5 Å². The zero-order valence-electron chi connectivity index (χ0n) is 12.2. The fraction of sp³-hybridized carbons (Fsp3) is 0.0667. The molecule has 1 fully saturated rings. The van der Waals surface area contributed by atoms with Crippen LogP contribution in [0.4, 0.5) is 0 Å². The summed E-state index contributed by atoms with van der Waals surface area (Å²) in [6, 6.07) is 7.12. The smallest absolute Gasteiger partial charge is 0.222 e. The number of fused-ring (bicyclic) bond motifs is 1. The molecule has 9 heteroatoms. The number of phenols is 1. The van der Waals surface area contributed by atoms with Gasteiger partial charge in [-0.15, -0.1) is 5.10 Å². The lowest BCUT2D eigenvalue weighted by Crippen LogP contribution is -2.34. The zero-order chi connectivity index (χ0) is 16.7. The lowest BCUT2D eigenvalue weighted by atomic mass is 10.1. The van der Waals surface area contributed by atoms with Crippen molar-refractivity contribution in [2.75, 3.05) is 0 Å². The predicted molar refractivity (Wildman–Crippen MR) is 91.3 cm³/mol. The van der Waals surface area contributed by atoms with E-state index >= 15 is 0 Å². The Morgan fingerprint density at radius 2 is 1.92 bits per heavy atom. The van der Waals surface area contributed by atoms with Gasteiger partial charge in [0.1, 0.15) is 11.1 Å². The van der Waals surface area contributed by atoms with Crippen LogP contribution in [0.1, 0.15) is 10.9 Å². The molecule has 0 radical (unpaired) electrons. The average Bonchev–Trinajstić information content (AvgIpc) is 3.16. The van der Waals surface area contributed by atoms with Crippen LogP contribution in [0.25, 0.3) is 0 Å². The summed E-state index contributed by atoms with van der Waals surface area (Å²) in [5.74, 6) is 0.902. The van der Waals surface area contributed by atoms with Crippen molar-refractivity contribution in [3.05, 3.63) is 75.9 Å². The third-order valence-electron chi connectivity index (χ3n) is 3.71. The molecule has 1 saturated heterocycles.